The highest BCUT2D eigenvalue weighted by molar-refractivity contribution is 6.18. The number of para-hydroxylation sites is 5. The van der Waals surface area contributed by atoms with Gasteiger partial charge in [-0.1, -0.05) is 115 Å². The Hall–Kier alpha value is -8.55. The maximum atomic E-state index is 6.64. The fourth-order valence-electron chi connectivity index (χ4n) is 9.84. The molecule has 288 valence electrons. The molecule has 0 aliphatic carbocycles. The van der Waals surface area contributed by atoms with Crippen LogP contribution in [0.1, 0.15) is 0 Å². The van der Waals surface area contributed by atoms with E-state index in [0.717, 1.165) is 93.5 Å². The van der Waals surface area contributed by atoms with Gasteiger partial charge in [0.05, 0.1) is 33.3 Å². The molecule has 0 fully saturated rings. The number of hydrogen-bond acceptors (Lipinski definition) is 5. The van der Waals surface area contributed by atoms with Crippen molar-refractivity contribution >= 4 is 98.3 Å². The lowest BCUT2D eigenvalue weighted by molar-refractivity contribution is 0.668. The first-order valence-electron chi connectivity index (χ1n) is 20.8. The largest absolute Gasteiger partial charge is 0.456 e. The molecule has 0 aliphatic rings. The maximum absolute atomic E-state index is 6.64. The standard InChI is InChI=1S/C55H31N5O2/c1-2-14-33-31-46-40(29-32(33)13-1)37-17-5-8-20-42(37)59(46)45-26-28-50-51(39-19-7-12-24-48(39)62-50)52(45)54-56-53(34-25-27-49-41(30-34)38-18-6-11-23-47(38)61-49)57-55(58-54)60-43-21-9-3-15-35(43)36-16-4-10-22-44(36)60/h1-31H. The zero-order valence-electron chi connectivity index (χ0n) is 33.0. The van der Waals surface area contributed by atoms with Crippen molar-refractivity contribution in [2.45, 2.75) is 0 Å². The van der Waals surface area contributed by atoms with Crippen LogP contribution in [-0.4, -0.2) is 24.1 Å². The smallest absolute Gasteiger partial charge is 0.238 e. The Morgan fingerprint density at radius 2 is 0.871 bits per heavy atom. The van der Waals surface area contributed by atoms with Gasteiger partial charge in [0.1, 0.15) is 22.3 Å². The second-order valence-corrected chi connectivity index (χ2v) is 16.0. The van der Waals surface area contributed by atoms with Crippen LogP contribution < -0.4 is 0 Å². The maximum Gasteiger partial charge on any atom is 0.238 e. The average molecular weight is 794 g/mol. The zero-order valence-corrected chi connectivity index (χ0v) is 33.0. The SMILES string of the molecule is c1ccc2cc3c(cc2c1)c1ccccc1n3-c1ccc2oc3ccccc3c2c1-c1nc(-c2ccc3oc4ccccc4c3c2)nc(-n2c3ccccc3c3ccccc32)n1. The lowest BCUT2D eigenvalue weighted by atomic mass is 10.0. The van der Waals surface area contributed by atoms with Crippen molar-refractivity contribution in [1.29, 1.82) is 0 Å². The van der Waals surface area contributed by atoms with Crippen molar-refractivity contribution < 1.29 is 8.83 Å². The number of aromatic nitrogens is 5. The zero-order chi connectivity index (χ0) is 40.5. The summed E-state index contributed by atoms with van der Waals surface area (Å²) in [6.07, 6.45) is 0. The molecular weight excluding hydrogens is 763 g/mol. The van der Waals surface area contributed by atoms with Gasteiger partial charge in [0, 0.05) is 48.7 Å². The predicted octanol–water partition coefficient (Wildman–Crippen LogP) is 14.4. The normalized spacial score (nSPS) is 12.2. The van der Waals surface area contributed by atoms with E-state index in [1.807, 2.05) is 42.5 Å². The number of rotatable bonds is 4. The summed E-state index contributed by atoms with van der Waals surface area (Å²) >= 11 is 0. The summed E-state index contributed by atoms with van der Waals surface area (Å²) in [5.74, 6) is 1.59. The van der Waals surface area contributed by atoms with Crippen LogP contribution in [0.3, 0.4) is 0 Å². The molecule has 5 heterocycles. The van der Waals surface area contributed by atoms with Gasteiger partial charge in [-0.25, -0.2) is 4.98 Å². The van der Waals surface area contributed by atoms with Gasteiger partial charge in [-0.2, -0.15) is 9.97 Å². The van der Waals surface area contributed by atoms with Crippen LogP contribution in [0.25, 0.3) is 133 Å². The van der Waals surface area contributed by atoms with Gasteiger partial charge in [-0.05, 0) is 83.6 Å². The lowest BCUT2D eigenvalue weighted by Gasteiger charge is -2.16. The first-order chi connectivity index (χ1) is 30.7. The van der Waals surface area contributed by atoms with Crippen LogP contribution >= 0.6 is 0 Å². The molecule has 0 radical (unpaired) electrons. The Labute approximate surface area is 352 Å². The fourth-order valence-corrected chi connectivity index (χ4v) is 9.84. The monoisotopic (exact) mass is 793 g/mol. The minimum Gasteiger partial charge on any atom is -0.456 e. The Bertz CT molecular complexity index is 4130. The summed E-state index contributed by atoms with van der Waals surface area (Å²) in [5, 5.41) is 10.9. The molecule has 0 unspecified atom stereocenters. The molecule has 7 heteroatoms. The first kappa shape index (κ1) is 33.3. The molecule has 0 bridgehead atoms. The Morgan fingerprint density at radius 3 is 1.61 bits per heavy atom. The van der Waals surface area contributed by atoms with Gasteiger partial charge in [0.15, 0.2) is 11.6 Å². The molecule has 14 rings (SSSR count). The van der Waals surface area contributed by atoms with Crippen LogP contribution in [0.15, 0.2) is 197 Å². The third-order valence-electron chi connectivity index (χ3n) is 12.6. The van der Waals surface area contributed by atoms with E-state index < -0.39 is 0 Å². The quantitative estimate of drug-likeness (QED) is 0.177. The van der Waals surface area contributed by atoms with Crippen LogP contribution in [0.4, 0.5) is 0 Å². The van der Waals surface area contributed by atoms with Crippen molar-refractivity contribution in [2.24, 2.45) is 0 Å². The second-order valence-electron chi connectivity index (χ2n) is 16.0. The summed E-state index contributed by atoms with van der Waals surface area (Å²) in [7, 11) is 0. The van der Waals surface area contributed by atoms with Crippen molar-refractivity contribution in [3.05, 3.63) is 188 Å². The lowest BCUT2D eigenvalue weighted by Crippen LogP contribution is -2.08. The number of nitrogens with zero attached hydrogens (tertiary/aromatic N) is 5. The molecule has 0 saturated heterocycles. The van der Waals surface area contributed by atoms with Crippen molar-refractivity contribution in [3.63, 3.8) is 0 Å². The number of hydrogen-bond donors (Lipinski definition) is 0. The first-order valence-corrected chi connectivity index (χ1v) is 20.8. The molecule has 9 aromatic carbocycles. The van der Waals surface area contributed by atoms with E-state index in [1.165, 1.54) is 21.5 Å². The van der Waals surface area contributed by atoms with E-state index in [1.54, 1.807) is 0 Å². The molecule has 5 aromatic heterocycles. The van der Waals surface area contributed by atoms with E-state index in [4.69, 9.17) is 23.8 Å². The summed E-state index contributed by atoms with van der Waals surface area (Å²) in [6.45, 7) is 0. The van der Waals surface area contributed by atoms with Crippen LogP contribution in [0, 0.1) is 0 Å². The van der Waals surface area contributed by atoms with Crippen LogP contribution in [0.2, 0.25) is 0 Å². The highest BCUT2D eigenvalue weighted by Gasteiger charge is 2.26. The molecule has 0 spiro atoms. The molecule has 0 saturated carbocycles. The molecule has 0 atom stereocenters. The third-order valence-corrected chi connectivity index (χ3v) is 12.6. The Kier molecular flexibility index (Phi) is 6.71. The topological polar surface area (TPSA) is 74.8 Å². The van der Waals surface area contributed by atoms with Gasteiger partial charge in [0.2, 0.25) is 5.95 Å². The highest BCUT2D eigenvalue weighted by Crippen LogP contribution is 2.44. The number of benzene rings is 9. The number of fused-ring (bicyclic) bond motifs is 13. The molecule has 0 amide bonds. The summed E-state index contributed by atoms with van der Waals surface area (Å²) in [6, 6.07) is 65.6. The summed E-state index contributed by atoms with van der Waals surface area (Å²) in [4.78, 5) is 16.4. The Morgan fingerprint density at radius 1 is 0.339 bits per heavy atom. The third kappa shape index (κ3) is 4.67. The molecular formula is C55H31N5O2. The van der Waals surface area contributed by atoms with Gasteiger partial charge < -0.3 is 13.4 Å². The minimum atomic E-state index is 0.517. The highest BCUT2D eigenvalue weighted by atomic mass is 16.3. The molecule has 62 heavy (non-hydrogen) atoms. The van der Waals surface area contributed by atoms with Crippen LogP contribution in [-0.2, 0) is 0 Å². The van der Waals surface area contributed by atoms with E-state index in [-0.39, 0.29) is 0 Å². The van der Waals surface area contributed by atoms with E-state index in [0.29, 0.717) is 17.6 Å². The molecule has 7 nitrogen and oxygen atoms in total. The molecule has 0 aliphatic heterocycles. The van der Waals surface area contributed by atoms with E-state index >= 15 is 0 Å². The average Bonchev–Trinajstić information content (AvgIpc) is 4.08. The van der Waals surface area contributed by atoms with E-state index in [9.17, 15) is 0 Å². The van der Waals surface area contributed by atoms with Gasteiger partial charge in [-0.3, -0.25) is 4.57 Å². The predicted molar refractivity (Wildman–Crippen MR) is 251 cm³/mol. The summed E-state index contributed by atoms with van der Waals surface area (Å²) in [5.41, 5.74) is 10.0. The van der Waals surface area contributed by atoms with Crippen molar-refractivity contribution in [1.82, 2.24) is 24.1 Å². The van der Waals surface area contributed by atoms with Crippen molar-refractivity contribution in [3.8, 4) is 34.4 Å². The van der Waals surface area contributed by atoms with Gasteiger partial charge in [-0.15, -0.1) is 0 Å². The van der Waals surface area contributed by atoms with Crippen LogP contribution in [0.5, 0.6) is 0 Å². The molecule has 14 aromatic rings. The Balaban J connectivity index is 1.15. The fraction of sp³-hybridized carbons (Fsp3) is 0. The van der Waals surface area contributed by atoms with Gasteiger partial charge in [0.25, 0.3) is 0 Å². The molecule has 0 N–H and O–H groups in total. The van der Waals surface area contributed by atoms with Gasteiger partial charge >= 0.3 is 0 Å². The van der Waals surface area contributed by atoms with E-state index in [2.05, 4.69) is 155 Å². The number of furan rings is 2. The second kappa shape index (κ2) is 12.5. The summed E-state index contributed by atoms with van der Waals surface area (Å²) < 4.78 is 17.5. The van der Waals surface area contributed by atoms with Crippen molar-refractivity contribution in [2.75, 3.05) is 0 Å². The minimum absolute atomic E-state index is 0.517.